The summed E-state index contributed by atoms with van der Waals surface area (Å²) in [6.07, 6.45) is 1.74. The molecule has 3 N–H and O–H groups in total. The average molecular weight is 272 g/mol. The van der Waals surface area contributed by atoms with Crippen molar-refractivity contribution in [3.05, 3.63) is 11.9 Å². The molecule has 0 aliphatic rings. The summed E-state index contributed by atoms with van der Waals surface area (Å²) in [5.74, 6) is 7.34. The van der Waals surface area contributed by atoms with Crippen LogP contribution in [0.15, 0.2) is 6.20 Å². The van der Waals surface area contributed by atoms with Crippen LogP contribution in [0, 0.1) is 0 Å². The Morgan fingerprint density at radius 3 is 2.67 bits per heavy atom. The van der Waals surface area contributed by atoms with E-state index >= 15 is 0 Å². The van der Waals surface area contributed by atoms with Gasteiger partial charge in [-0.15, -0.1) is 0 Å². The number of nitrogens with zero attached hydrogens (tertiary/aromatic N) is 2. The zero-order valence-corrected chi connectivity index (χ0v) is 12.7. The molecule has 1 aromatic rings. The molecule has 1 rings (SSSR count). The largest absolute Gasteiger partial charge is 0.493 e. The second kappa shape index (κ2) is 6.45. The second-order valence-electron chi connectivity index (χ2n) is 5.06. The van der Waals surface area contributed by atoms with Crippen LogP contribution < -0.4 is 16.0 Å². The quantitative estimate of drug-likeness (QED) is 0.612. The summed E-state index contributed by atoms with van der Waals surface area (Å²) >= 11 is 1.86. The lowest BCUT2D eigenvalue weighted by atomic mass is 10.2. The molecule has 0 aliphatic carbocycles. The van der Waals surface area contributed by atoms with Crippen molar-refractivity contribution in [2.75, 3.05) is 12.9 Å². The fourth-order valence-corrected chi connectivity index (χ4v) is 2.60. The van der Waals surface area contributed by atoms with Gasteiger partial charge in [0, 0.05) is 17.0 Å². The number of nitrogens with two attached hydrogens (primary N) is 1. The lowest BCUT2D eigenvalue weighted by Crippen LogP contribution is -2.32. The highest BCUT2D eigenvalue weighted by Crippen LogP contribution is 2.31. The lowest BCUT2D eigenvalue weighted by Gasteiger charge is -2.23. The fourth-order valence-electron chi connectivity index (χ4n) is 1.68. The predicted octanol–water partition coefficient (Wildman–Crippen LogP) is 1.95. The monoisotopic (exact) mass is 272 g/mol. The SMILES string of the molecule is CCn1ncc(OC)c1C(CSC(C)(C)C)NN. The first-order valence-electron chi connectivity index (χ1n) is 6.12. The van der Waals surface area contributed by atoms with E-state index in [1.165, 1.54) is 0 Å². The van der Waals surface area contributed by atoms with Crippen molar-refractivity contribution < 1.29 is 4.74 Å². The Morgan fingerprint density at radius 1 is 1.56 bits per heavy atom. The molecule has 0 aliphatic heterocycles. The number of hydrogen-bond acceptors (Lipinski definition) is 5. The van der Waals surface area contributed by atoms with E-state index in [9.17, 15) is 0 Å². The number of nitrogens with one attached hydrogen (secondary N) is 1. The molecule has 0 fully saturated rings. The number of ether oxygens (including phenoxy) is 1. The smallest absolute Gasteiger partial charge is 0.161 e. The number of aryl methyl sites for hydroxylation is 1. The molecule has 1 unspecified atom stereocenters. The van der Waals surface area contributed by atoms with E-state index in [4.69, 9.17) is 10.6 Å². The summed E-state index contributed by atoms with van der Waals surface area (Å²) in [7, 11) is 1.66. The van der Waals surface area contributed by atoms with E-state index < -0.39 is 0 Å². The third-order valence-electron chi connectivity index (χ3n) is 2.58. The van der Waals surface area contributed by atoms with E-state index in [2.05, 4.69) is 38.2 Å². The molecule has 0 spiro atoms. The van der Waals surface area contributed by atoms with Gasteiger partial charge in [-0.1, -0.05) is 20.8 Å². The minimum absolute atomic E-state index is 0.0339. The Kier molecular flexibility index (Phi) is 5.49. The maximum Gasteiger partial charge on any atom is 0.161 e. The van der Waals surface area contributed by atoms with Crippen LogP contribution in [-0.2, 0) is 6.54 Å². The minimum Gasteiger partial charge on any atom is -0.493 e. The Labute approximate surface area is 113 Å². The van der Waals surface area contributed by atoms with E-state index in [-0.39, 0.29) is 10.8 Å². The standard InChI is InChI=1S/C12H24N4OS/c1-6-16-11(10(17-5)7-14-16)9(15-13)8-18-12(2,3)4/h7,9,15H,6,8,13H2,1-5H3. The van der Waals surface area contributed by atoms with Gasteiger partial charge in [-0.2, -0.15) is 16.9 Å². The number of thioether (sulfide) groups is 1. The number of rotatable bonds is 6. The molecule has 0 saturated carbocycles. The van der Waals surface area contributed by atoms with Gasteiger partial charge in [0.1, 0.15) is 0 Å². The zero-order chi connectivity index (χ0) is 13.8. The van der Waals surface area contributed by atoms with Crippen molar-refractivity contribution in [1.29, 1.82) is 0 Å². The molecule has 1 aromatic heterocycles. The molecule has 0 saturated heterocycles. The molecule has 18 heavy (non-hydrogen) atoms. The van der Waals surface area contributed by atoms with Gasteiger partial charge in [-0.25, -0.2) is 0 Å². The first kappa shape index (κ1) is 15.3. The van der Waals surface area contributed by atoms with E-state index in [0.29, 0.717) is 0 Å². The Balaban J connectivity index is 2.90. The Bertz CT molecular complexity index is 351. The normalized spacial score (nSPS) is 13.7. The van der Waals surface area contributed by atoms with Gasteiger partial charge in [0.05, 0.1) is 25.0 Å². The van der Waals surface area contributed by atoms with Gasteiger partial charge in [0.15, 0.2) is 5.75 Å². The number of aromatic nitrogens is 2. The van der Waals surface area contributed by atoms with Crippen LogP contribution >= 0.6 is 11.8 Å². The summed E-state index contributed by atoms with van der Waals surface area (Å²) < 4.78 is 7.49. The van der Waals surface area contributed by atoms with E-state index in [1.807, 2.05) is 16.4 Å². The van der Waals surface area contributed by atoms with Crippen molar-refractivity contribution in [3.8, 4) is 5.75 Å². The Hall–Kier alpha value is -0.720. The van der Waals surface area contributed by atoms with Crippen molar-refractivity contribution >= 4 is 11.8 Å². The summed E-state index contributed by atoms with van der Waals surface area (Å²) in [6.45, 7) is 9.44. The topological polar surface area (TPSA) is 65.1 Å². The molecule has 5 nitrogen and oxygen atoms in total. The lowest BCUT2D eigenvalue weighted by molar-refractivity contribution is 0.397. The van der Waals surface area contributed by atoms with Crippen molar-refractivity contribution in [2.24, 2.45) is 5.84 Å². The molecule has 1 heterocycles. The van der Waals surface area contributed by atoms with Crippen molar-refractivity contribution in [2.45, 2.75) is 45.0 Å². The first-order chi connectivity index (χ1) is 8.42. The van der Waals surface area contributed by atoms with Crippen LogP contribution in [-0.4, -0.2) is 27.4 Å². The van der Waals surface area contributed by atoms with Crippen LogP contribution in [0.25, 0.3) is 0 Å². The number of hydrazine groups is 1. The second-order valence-corrected chi connectivity index (χ2v) is 6.90. The molecule has 104 valence electrons. The van der Waals surface area contributed by atoms with Crippen LogP contribution in [0.5, 0.6) is 5.75 Å². The van der Waals surface area contributed by atoms with Crippen molar-refractivity contribution in [3.63, 3.8) is 0 Å². The first-order valence-corrected chi connectivity index (χ1v) is 7.11. The van der Waals surface area contributed by atoms with Gasteiger partial charge >= 0.3 is 0 Å². The highest BCUT2D eigenvalue weighted by molar-refractivity contribution is 8.00. The fraction of sp³-hybridized carbons (Fsp3) is 0.750. The maximum absolute atomic E-state index is 5.68. The van der Waals surface area contributed by atoms with Crippen LogP contribution in [0.1, 0.15) is 39.4 Å². The number of hydrogen-bond donors (Lipinski definition) is 2. The van der Waals surface area contributed by atoms with Gasteiger partial charge in [-0.3, -0.25) is 16.0 Å². The van der Waals surface area contributed by atoms with Gasteiger partial charge in [-0.05, 0) is 6.92 Å². The summed E-state index contributed by atoms with van der Waals surface area (Å²) in [5, 5.41) is 4.31. The van der Waals surface area contributed by atoms with Crippen LogP contribution in [0.3, 0.4) is 0 Å². The maximum atomic E-state index is 5.68. The van der Waals surface area contributed by atoms with Crippen LogP contribution in [0.2, 0.25) is 0 Å². The third kappa shape index (κ3) is 3.90. The minimum atomic E-state index is 0.0339. The molecular formula is C12H24N4OS. The average Bonchev–Trinajstić information content (AvgIpc) is 2.71. The molecule has 1 atom stereocenters. The van der Waals surface area contributed by atoms with Crippen LogP contribution in [0.4, 0.5) is 0 Å². The van der Waals surface area contributed by atoms with Gasteiger partial charge in [0.2, 0.25) is 0 Å². The third-order valence-corrected chi connectivity index (χ3v) is 3.94. The molecule has 0 bridgehead atoms. The summed E-state index contributed by atoms with van der Waals surface area (Å²) in [4.78, 5) is 0. The van der Waals surface area contributed by atoms with E-state index in [0.717, 1.165) is 23.7 Å². The molecular weight excluding hydrogens is 248 g/mol. The molecule has 0 amide bonds. The Morgan fingerprint density at radius 2 is 2.22 bits per heavy atom. The molecule has 0 aromatic carbocycles. The van der Waals surface area contributed by atoms with Gasteiger partial charge in [0.25, 0.3) is 0 Å². The number of methoxy groups -OCH3 is 1. The van der Waals surface area contributed by atoms with Crippen molar-refractivity contribution in [1.82, 2.24) is 15.2 Å². The molecule has 6 heteroatoms. The summed E-state index contributed by atoms with van der Waals surface area (Å²) in [6, 6.07) is 0.0339. The zero-order valence-electron chi connectivity index (χ0n) is 11.9. The molecule has 0 radical (unpaired) electrons. The van der Waals surface area contributed by atoms with Gasteiger partial charge < -0.3 is 4.74 Å². The highest BCUT2D eigenvalue weighted by Gasteiger charge is 2.23. The summed E-state index contributed by atoms with van der Waals surface area (Å²) in [5.41, 5.74) is 3.88. The highest BCUT2D eigenvalue weighted by atomic mass is 32.2. The predicted molar refractivity (Wildman–Crippen MR) is 76.7 cm³/mol. The van der Waals surface area contributed by atoms with E-state index in [1.54, 1.807) is 13.3 Å².